The SMILES string of the molecule is CCCCCCCC[N+](C)(CCl)CCCCCC.Cc1ccc(S(=O)(=O)[O-])cc1. The van der Waals surface area contributed by atoms with Crippen LogP contribution in [0.15, 0.2) is 29.2 Å². The van der Waals surface area contributed by atoms with Crippen molar-refractivity contribution in [2.45, 2.75) is 89.9 Å². The first-order valence-electron chi connectivity index (χ1n) is 11.1. The van der Waals surface area contributed by atoms with E-state index in [9.17, 15) is 13.0 Å². The minimum atomic E-state index is -4.27. The highest BCUT2D eigenvalue weighted by molar-refractivity contribution is 7.85. The molecular weight excluding hydrogens is 406 g/mol. The van der Waals surface area contributed by atoms with Crippen LogP contribution in [0.5, 0.6) is 0 Å². The van der Waals surface area contributed by atoms with Crippen molar-refractivity contribution >= 4 is 21.7 Å². The van der Waals surface area contributed by atoms with Gasteiger partial charge in [-0.15, -0.1) is 0 Å². The summed E-state index contributed by atoms with van der Waals surface area (Å²) >= 11 is 6.16. The average Bonchev–Trinajstić information content (AvgIpc) is 2.68. The Balaban J connectivity index is 0.000000604. The molecule has 0 aliphatic heterocycles. The fourth-order valence-electron chi connectivity index (χ4n) is 3.13. The van der Waals surface area contributed by atoms with Crippen LogP contribution in [0.3, 0.4) is 0 Å². The standard InChI is InChI=1S/C16H35ClN.C7H8O3S/c1-4-6-8-10-11-13-15-18(3,16-17)14-12-9-7-5-2;1-6-2-4-7(5-3-6)11(8,9)10/h4-16H2,1-3H3;2-5H,1H3,(H,8,9,10)/q+1;/p-1. The minimum absolute atomic E-state index is 0.178. The summed E-state index contributed by atoms with van der Waals surface area (Å²) < 4.78 is 32.2. The Morgan fingerprint density at radius 1 is 0.828 bits per heavy atom. The molecule has 1 aromatic carbocycles. The third kappa shape index (κ3) is 14.9. The second kappa shape index (κ2) is 16.1. The fourth-order valence-corrected chi connectivity index (χ4v) is 3.84. The van der Waals surface area contributed by atoms with Crippen molar-refractivity contribution in [2.24, 2.45) is 0 Å². The summed E-state index contributed by atoms with van der Waals surface area (Å²) in [5, 5.41) is 0. The molecule has 29 heavy (non-hydrogen) atoms. The Morgan fingerprint density at radius 3 is 1.66 bits per heavy atom. The van der Waals surface area contributed by atoms with Gasteiger partial charge in [-0.25, -0.2) is 8.42 Å². The monoisotopic (exact) mass is 447 g/mol. The zero-order chi connectivity index (χ0) is 22.2. The zero-order valence-corrected chi connectivity index (χ0v) is 20.5. The molecule has 1 atom stereocenters. The first-order chi connectivity index (χ1) is 13.7. The van der Waals surface area contributed by atoms with E-state index in [1.165, 1.54) is 89.4 Å². The second-order valence-corrected chi connectivity index (χ2v) is 9.90. The van der Waals surface area contributed by atoms with Crippen LogP contribution in [0, 0.1) is 6.92 Å². The number of unbranched alkanes of at least 4 members (excludes halogenated alkanes) is 8. The molecule has 0 heterocycles. The minimum Gasteiger partial charge on any atom is -0.744 e. The van der Waals surface area contributed by atoms with Crippen LogP contribution in [-0.4, -0.2) is 43.6 Å². The van der Waals surface area contributed by atoms with Gasteiger partial charge in [0.2, 0.25) is 0 Å². The van der Waals surface area contributed by atoms with Crippen molar-refractivity contribution in [2.75, 3.05) is 26.1 Å². The van der Waals surface area contributed by atoms with Crippen LogP contribution in [-0.2, 0) is 10.1 Å². The van der Waals surface area contributed by atoms with Crippen molar-refractivity contribution in [1.29, 1.82) is 0 Å². The smallest absolute Gasteiger partial charge is 0.154 e. The molecule has 4 nitrogen and oxygen atoms in total. The van der Waals surface area contributed by atoms with E-state index in [0.717, 1.165) is 16.1 Å². The Bertz CT molecular complexity index is 620. The lowest BCUT2D eigenvalue weighted by molar-refractivity contribution is -0.899. The topological polar surface area (TPSA) is 57.2 Å². The van der Waals surface area contributed by atoms with Gasteiger partial charge in [-0.2, -0.15) is 0 Å². The summed E-state index contributed by atoms with van der Waals surface area (Å²) in [4.78, 5) is -0.178. The van der Waals surface area contributed by atoms with Gasteiger partial charge in [0, 0.05) is 0 Å². The molecule has 1 rings (SSSR count). The second-order valence-electron chi connectivity index (χ2n) is 8.28. The molecule has 0 aromatic heterocycles. The Labute approximate surface area is 185 Å². The summed E-state index contributed by atoms with van der Waals surface area (Å²) in [5.74, 6) is 0. The van der Waals surface area contributed by atoms with Crippen LogP contribution in [0.25, 0.3) is 0 Å². The molecule has 0 saturated carbocycles. The van der Waals surface area contributed by atoms with E-state index in [-0.39, 0.29) is 4.90 Å². The number of halogens is 1. The highest BCUT2D eigenvalue weighted by atomic mass is 35.5. The number of aryl methyl sites for hydroxylation is 1. The number of rotatable bonds is 14. The molecule has 0 aliphatic carbocycles. The van der Waals surface area contributed by atoms with Crippen LogP contribution in [0.4, 0.5) is 0 Å². The van der Waals surface area contributed by atoms with Gasteiger partial charge in [-0.3, -0.25) is 0 Å². The van der Waals surface area contributed by atoms with Crippen molar-refractivity contribution in [3.05, 3.63) is 29.8 Å². The van der Waals surface area contributed by atoms with Crippen LogP contribution < -0.4 is 0 Å². The van der Waals surface area contributed by atoms with Crippen molar-refractivity contribution < 1.29 is 17.5 Å². The lowest BCUT2D eigenvalue weighted by atomic mass is 10.1. The molecule has 0 bridgehead atoms. The molecule has 170 valence electrons. The molecular formula is C23H42ClNO3S. The number of hydrogen-bond acceptors (Lipinski definition) is 3. The first kappa shape index (κ1) is 28.4. The van der Waals surface area contributed by atoms with E-state index in [1.54, 1.807) is 12.1 Å². The van der Waals surface area contributed by atoms with E-state index in [0.29, 0.717) is 0 Å². The highest BCUT2D eigenvalue weighted by Crippen LogP contribution is 2.13. The normalized spacial score (nSPS) is 13.4. The van der Waals surface area contributed by atoms with Gasteiger partial charge >= 0.3 is 0 Å². The maximum absolute atomic E-state index is 10.4. The molecule has 0 fully saturated rings. The van der Waals surface area contributed by atoms with E-state index in [1.807, 2.05) is 6.92 Å². The summed E-state index contributed by atoms with van der Waals surface area (Å²) in [7, 11) is -1.95. The highest BCUT2D eigenvalue weighted by Gasteiger charge is 2.18. The lowest BCUT2D eigenvalue weighted by Crippen LogP contribution is -2.44. The number of nitrogens with zero attached hydrogens (tertiary/aromatic N) is 1. The largest absolute Gasteiger partial charge is 0.744 e. The van der Waals surface area contributed by atoms with Gasteiger partial charge < -0.3 is 9.04 Å². The third-order valence-electron chi connectivity index (χ3n) is 5.20. The van der Waals surface area contributed by atoms with Crippen LogP contribution in [0.2, 0.25) is 0 Å². The van der Waals surface area contributed by atoms with Gasteiger partial charge in [0.15, 0.2) is 6.00 Å². The van der Waals surface area contributed by atoms with E-state index in [4.69, 9.17) is 11.6 Å². The summed E-state index contributed by atoms with van der Waals surface area (Å²) in [6.45, 7) is 8.89. The Hall–Kier alpha value is -0.620. The number of benzene rings is 1. The van der Waals surface area contributed by atoms with Gasteiger partial charge in [0.1, 0.15) is 10.1 Å². The van der Waals surface area contributed by atoms with E-state index >= 15 is 0 Å². The fraction of sp³-hybridized carbons (Fsp3) is 0.739. The summed E-state index contributed by atoms with van der Waals surface area (Å²) in [6, 6.07) is 6.56. The predicted octanol–water partition coefficient (Wildman–Crippen LogP) is 6.47. The van der Waals surface area contributed by atoms with Crippen LogP contribution in [0.1, 0.15) is 83.6 Å². The van der Waals surface area contributed by atoms with Crippen molar-refractivity contribution in [3.63, 3.8) is 0 Å². The maximum atomic E-state index is 10.4. The predicted molar refractivity (Wildman–Crippen MR) is 123 cm³/mol. The molecule has 0 aliphatic rings. The molecule has 1 aromatic rings. The molecule has 0 radical (unpaired) electrons. The van der Waals surface area contributed by atoms with Crippen LogP contribution >= 0.6 is 11.6 Å². The Morgan fingerprint density at radius 2 is 1.24 bits per heavy atom. The van der Waals surface area contributed by atoms with Gasteiger partial charge in [-0.1, -0.05) is 81.7 Å². The Kier molecular flexibility index (Phi) is 15.8. The quantitative estimate of drug-likeness (QED) is 0.108. The molecule has 1 unspecified atom stereocenters. The molecule has 0 spiro atoms. The molecule has 0 N–H and O–H groups in total. The van der Waals surface area contributed by atoms with Gasteiger partial charge in [0.05, 0.1) is 25.0 Å². The van der Waals surface area contributed by atoms with Gasteiger partial charge in [0.25, 0.3) is 0 Å². The molecule has 6 heteroatoms. The number of alkyl halides is 1. The zero-order valence-electron chi connectivity index (χ0n) is 19.0. The third-order valence-corrected chi connectivity index (χ3v) is 6.63. The van der Waals surface area contributed by atoms with Crippen molar-refractivity contribution in [1.82, 2.24) is 0 Å². The van der Waals surface area contributed by atoms with E-state index in [2.05, 4.69) is 20.9 Å². The maximum Gasteiger partial charge on any atom is 0.154 e. The van der Waals surface area contributed by atoms with Crippen molar-refractivity contribution in [3.8, 4) is 0 Å². The lowest BCUT2D eigenvalue weighted by Gasteiger charge is -2.32. The first-order valence-corrected chi connectivity index (χ1v) is 13.0. The molecule has 0 amide bonds. The summed E-state index contributed by atoms with van der Waals surface area (Å²) in [6.07, 6.45) is 13.7. The van der Waals surface area contributed by atoms with E-state index < -0.39 is 10.1 Å². The average molecular weight is 448 g/mol. The number of quaternary nitrogens is 1. The summed E-state index contributed by atoms with van der Waals surface area (Å²) in [5.41, 5.74) is 0.928. The number of hydrogen-bond donors (Lipinski definition) is 0. The van der Waals surface area contributed by atoms with Gasteiger partial charge in [-0.05, 0) is 44.7 Å². The molecule has 0 saturated heterocycles.